The van der Waals surface area contributed by atoms with Gasteiger partial charge in [0.2, 0.25) is 5.60 Å². The molecule has 0 fully saturated rings. The summed E-state index contributed by atoms with van der Waals surface area (Å²) in [6.07, 6.45) is 0. The van der Waals surface area contributed by atoms with Crippen molar-refractivity contribution in [3.05, 3.63) is 35.9 Å². The molecule has 1 amide bonds. The Morgan fingerprint density at radius 1 is 1.21 bits per heavy atom. The van der Waals surface area contributed by atoms with E-state index < -0.39 is 5.60 Å². The maximum atomic E-state index is 11.4. The van der Waals surface area contributed by atoms with Gasteiger partial charge in [-0.15, -0.1) is 4.99 Å². The Morgan fingerprint density at radius 3 is 2.36 bits per heavy atom. The number of hydrogen-bond donors (Lipinski definition) is 1. The average molecular weight is 190 g/mol. The van der Waals surface area contributed by atoms with E-state index in [4.69, 9.17) is 4.74 Å². The van der Waals surface area contributed by atoms with Crippen molar-refractivity contribution in [2.45, 2.75) is 19.4 Å². The fourth-order valence-corrected chi connectivity index (χ4v) is 1.30. The van der Waals surface area contributed by atoms with Gasteiger partial charge in [-0.25, -0.2) is 4.79 Å². The quantitative estimate of drug-likeness (QED) is 0.669. The smallest absolute Gasteiger partial charge is 0.422 e. The summed E-state index contributed by atoms with van der Waals surface area (Å²) in [7, 11) is 0. The number of carbonyl (C=O) groups excluding carboxylic acids is 1. The molecule has 0 saturated heterocycles. The lowest BCUT2D eigenvalue weighted by molar-refractivity contribution is -0.373. The number of rotatable bonds is 1. The number of benzene rings is 1. The Hall–Kier alpha value is -1.64. The Kier molecular flexibility index (Phi) is 1.88. The van der Waals surface area contributed by atoms with E-state index in [1.807, 2.05) is 30.3 Å². The molecule has 1 N–H and O–H groups in total. The molecule has 0 spiro atoms. The number of ether oxygens (including phenoxy) is 1. The Balaban J connectivity index is 2.33. The fraction of sp³-hybridized carbons (Fsp3) is 0.273. The second kappa shape index (κ2) is 2.94. The van der Waals surface area contributed by atoms with Crippen LogP contribution < -0.4 is 4.99 Å². The van der Waals surface area contributed by atoms with Crippen molar-refractivity contribution >= 4 is 11.8 Å². The van der Waals surface area contributed by atoms with Crippen LogP contribution in [0.25, 0.3) is 0 Å². The maximum Gasteiger partial charge on any atom is 0.431 e. The van der Waals surface area contributed by atoms with Gasteiger partial charge >= 0.3 is 11.8 Å². The van der Waals surface area contributed by atoms with Crippen LogP contribution in [0.15, 0.2) is 30.3 Å². The summed E-state index contributed by atoms with van der Waals surface area (Å²) >= 11 is 0. The van der Waals surface area contributed by atoms with Crippen LogP contribution in [0.2, 0.25) is 0 Å². The summed E-state index contributed by atoms with van der Waals surface area (Å²) in [4.78, 5) is 14.1. The highest BCUT2D eigenvalue weighted by molar-refractivity contribution is 5.98. The number of amides is 1. The van der Waals surface area contributed by atoms with E-state index in [0.29, 0.717) is 5.90 Å². The minimum absolute atomic E-state index is 0.101. The van der Waals surface area contributed by atoms with Crippen molar-refractivity contribution in [2.75, 3.05) is 0 Å². The average Bonchev–Trinajstić information content (AvgIpc) is 2.43. The molecule has 0 radical (unpaired) electrons. The van der Waals surface area contributed by atoms with Gasteiger partial charge in [-0.05, 0) is 26.0 Å². The summed E-state index contributed by atoms with van der Waals surface area (Å²) in [6, 6.07) is 9.53. The van der Waals surface area contributed by atoms with Crippen LogP contribution in [-0.2, 0) is 9.53 Å². The van der Waals surface area contributed by atoms with Crippen LogP contribution in [0.4, 0.5) is 0 Å². The molecule has 3 nitrogen and oxygen atoms in total. The highest BCUT2D eigenvalue weighted by Gasteiger charge is 2.44. The lowest BCUT2D eigenvalue weighted by Gasteiger charge is -2.09. The molecule has 1 aromatic rings. The van der Waals surface area contributed by atoms with Gasteiger partial charge < -0.3 is 4.74 Å². The second-order valence-electron chi connectivity index (χ2n) is 3.76. The van der Waals surface area contributed by atoms with Crippen LogP contribution in [0.5, 0.6) is 0 Å². The summed E-state index contributed by atoms with van der Waals surface area (Å²) in [5, 5.41) is 0. The molecule has 0 atom stereocenters. The van der Waals surface area contributed by atoms with Crippen molar-refractivity contribution in [1.29, 1.82) is 0 Å². The summed E-state index contributed by atoms with van der Waals surface area (Å²) < 4.78 is 5.50. The predicted molar refractivity (Wildman–Crippen MR) is 51.7 cm³/mol. The SMILES string of the molecule is CC1(C)OC(c2ccccc2)=[NH+]C1=O. The van der Waals surface area contributed by atoms with Gasteiger partial charge in [0.25, 0.3) is 0 Å². The lowest BCUT2D eigenvalue weighted by atomic mass is 10.1. The third-order valence-corrected chi connectivity index (χ3v) is 2.17. The highest BCUT2D eigenvalue weighted by atomic mass is 16.5. The largest absolute Gasteiger partial charge is 0.431 e. The number of nitrogens with one attached hydrogen (secondary N) is 1. The van der Waals surface area contributed by atoms with Gasteiger partial charge in [0, 0.05) is 0 Å². The van der Waals surface area contributed by atoms with Crippen LogP contribution in [0, 0.1) is 0 Å². The molecule has 14 heavy (non-hydrogen) atoms. The molecule has 1 aliphatic heterocycles. The molecule has 0 aliphatic carbocycles. The van der Waals surface area contributed by atoms with E-state index in [0.717, 1.165) is 5.56 Å². The van der Waals surface area contributed by atoms with Gasteiger partial charge in [0.1, 0.15) is 0 Å². The van der Waals surface area contributed by atoms with E-state index in [9.17, 15) is 4.79 Å². The van der Waals surface area contributed by atoms with E-state index in [-0.39, 0.29) is 5.91 Å². The molecular weight excluding hydrogens is 178 g/mol. The monoisotopic (exact) mass is 190 g/mol. The zero-order valence-corrected chi connectivity index (χ0v) is 8.20. The van der Waals surface area contributed by atoms with Crippen LogP contribution in [-0.4, -0.2) is 17.4 Å². The fourth-order valence-electron chi connectivity index (χ4n) is 1.30. The van der Waals surface area contributed by atoms with E-state index in [1.165, 1.54) is 0 Å². The lowest BCUT2D eigenvalue weighted by Crippen LogP contribution is -2.76. The van der Waals surface area contributed by atoms with Crippen molar-refractivity contribution < 1.29 is 14.5 Å². The molecule has 0 bridgehead atoms. The molecule has 0 saturated carbocycles. The van der Waals surface area contributed by atoms with Crippen LogP contribution >= 0.6 is 0 Å². The zero-order valence-electron chi connectivity index (χ0n) is 8.20. The van der Waals surface area contributed by atoms with Crippen molar-refractivity contribution in [2.24, 2.45) is 0 Å². The van der Waals surface area contributed by atoms with Gasteiger partial charge in [0.15, 0.2) is 0 Å². The normalized spacial score (nSPS) is 19.0. The second-order valence-corrected chi connectivity index (χ2v) is 3.76. The van der Waals surface area contributed by atoms with Gasteiger partial charge in [-0.1, -0.05) is 18.2 Å². The van der Waals surface area contributed by atoms with Gasteiger partial charge in [0.05, 0.1) is 5.56 Å². The third kappa shape index (κ3) is 1.41. The molecule has 1 heterocycles. The van der Waals surface area contributed by atoms with E-state index in [1.54, 1.807) is 13.8 Å². The maximum absolute atomic E-state index is 11.4. The highest BCUT2D eigenvalue weighted by Crippen LogP contribution is 2.13. The minimum Gasteiger partial charge on any atom is -0.422 e. The summed E-state index contributed by atoms with van der Waals surface area (Å²) in [5.74, 6) is 0.442. The zero-order chi connectivity index (χ0) is 10.2. The van der Waals surface area contributed by atoms with Gasteiger partial charge in [-0.3, -0.25) is 0 Å². The molecular formula is C11H12NO2+. The summed E-state index contributed by atoms with van der Waals surface area (Å²) in [5.41, 5.74) is 0.136. The standard InChI is InChI=1S/C11H11NO2/c1-11(2)10(13)12-9(14-11)8-6-4-3-5-7-8/h3-7H,1-2H3/p+1. The molecule has 72 valence electrons. The third-order valence-electron chi connectivity index (χ3n) is 2.17. The molecule has 3 heteroatoms. The van der Waals surface area contributed by atoms with Crippen LogP contribution in [0.1, 0.15) is 19.4 Å². The number of carbonyl (C=O) groups is 1. The first kappa shape index (κ1) is 8.94. The Morgan fingerprint density at radius 2 is 1.86 bits per heavy atom. The molecule has 0 unspecified atom stereocenters. The Labute approximate surface area is 82.4 Å². The number of hydrogen-bond acceptors (Lipinski definition) is 2. The molecule has 2 rings (SSSR count). The Bertz CT molecular complexity index is 393. The molecule has 0 aromatic heterocycles. The molecule has 1 aromatic carbocycles. The van der Waals surface area contributed by atoms with Crippen molar-refractivity contribution in [3.8, 4) is 0 Å². The van der Waals surface area contributed by atoms with E-state index in [2.05, 4.69) is 4.99 Å². The van der Waals surface area contributed by atoms with Crippen LogP contribution in [0.3, 0.4) is 0 Å². The summed E-state index contributed by atoms with van der Waals surface area (Å²) in [6.45, 7) is 3.50. The predicted octanol–water partition coefficient (Wildman–Crippen LogP) is -0.151. The van der Waals surface area contributed by atoms with E-state index >= 15 is 0 Å². The minimum atomic E-state index is -0.759. The van der Waals surface area contributed by atoms with Crippen molar-refractivity contribution in [3.63, 3.8) is 0 Å². The first-order chi connectivity index (χ1) is 6.59. The molecule has 1 aliphatic rings. The first-order valence-electron chi connectivity index (χ1n) is 4.52. The topological polar surface area (TPSA) is 40.3 Å². The van der Waals surface area contributed by atoms with Crippen molar-refractivity contribution in [1.82, 2.24) is 0 Å². The first-order valence-corrected chi connectivity index (χ1v) is 4.52. The van der Waals surface area contributed by atoms with Gasteiger partial charge in [-0.2, -0.15) is 0 Å².